The van der Waals surface area contributed by atoms with Gasteiger partial charge in [-0.05, 0) is 50.1 Å². The fraction of sp³-hybridized carbons (Fsp3) is 1.00. The molecule has 0 bridgehead atoms. The summed E-state index contributed by atoms with van der Waals surface area (Å²) in [6.45, 7) is 11.8. The minimum Gasteiger partial charge on any atom is -0.391 e. The van der Waals surface area contributed by atoms with Crippen LogP contribution in [0.2, 0.25) is 0 Å². The third-order valence-corrected chi connectivity index (χ3v) is 5.00. The molecule has 0 aliphatic carbocycles. The molecule has 2 saturated heterocycles. The molecular formula is C16H31NO2. The first-order valence-electron chi connectivity index (χ1n) is 7.95. The summed E-state index contributed by atoms with van der Waals surface area (Å²) in [6.07, 6.45) is 4.71. The first-order valence-corrected chi connectivity index (χ1v) is 7.95. The smallest absolute Gasteiger partial charge is 0.0718 e. The zero-order valence-corrected chi connectivity index (χ0v) is 12.9. The Morgan fingerprint density at radius 3 is 2.63 bits per heavy atom. The maximum absolute atomic E-state index is 10.3. The lowest BCUT2D eigenvalue weighted by Crippen LogP contribution is -2.37. The Hall–Kier alpha value is -0.120. The first-order chi connectivity index (χ1) is 8.97. The lowest BCUT2D eigenvalue weighted by molar-refractivity contribution is 0.0559. The Kier molecular flexibility index (Phi) is 5.27. The van der Waals surface area contributed by atoms with Gasteiger partial charge < -0.3 is 14.7 Å². The van der Waals surface area contributed by atoms with Gasteiger partial charge in [0.05, 0.1) is 12.7 Å². The van der Waals surface area contributed by atoms with E-state index in [2.05, 4.69) is 25.7 Å². The monoisotopic (exact) mass is 269 g/mol. The van der Waals surface area contributed by atoms with Gasteiger partial charge in [0, 0.05) is 19.1 Å². The SMILES string of the molecule is CC(C)(C)C1CCCN(CC(O)C2CCOC2)CC1. The van der Waals surface area contributed by atoms with E-state index in [4.69, 9.17) is 4.74 Å². The molecule has 0 radical (unpaired) electrons. The molecule has 2 heterocycles. The molecule has 2 aliphatic heterocycles. The quantitative estimate of drug-likeness (QED) is 0.854. The molecule has 19 heavy (non-hydrogen) atoms. The number of rotatable bonds is 3. The predicted molar refractivity (Wildman–Crippen MR) is 78.2 cm³/mol. The van der Waals surface area contributed by atoms with Crippen LogP contribution < -0.4 is 0 Å². The molecule has 112 valence electrons. The van der Waals surface area contributed by atoms with E-state index in [1.807, 2.05) is 0 Å². The van der Waals surface area contributed by atoms with Gasteiger partial charge >= 0.3 is 0 Å². The minimum absolute atomic E-state index is 0.200. The number of hydrogen-bond acceptors (Lipinski definition) is 3. The molecule has 0 amide bonds. The lowest BCUT2D eigenvalue weighted by Gasteiger charge is -2.30. The van der Waals surface area contributed by atoms with E-state index >= 15 is 0 Å². The summed E-state index contributed by atoms with van der Waals surface area (Å²) in [6, 6.07) is 0. The van der Waals surface area contributed by atoms with Crippen LogP contribution in [0.5, 0.6) is 0 Å². The van der Waals surface area contributed by atoms with Crippen molar-refractivity contribution in [1.82, 2.24) is 4.90 Å². The van der Waals surface area contributed by atoms with E-state index in [1.54, 1.807) is 0 Å². The van der Waals surface area contributed by atoms with Gasteiger partial charge in [-0.1, -0.05) is 20.8 Å². The van der Waals surface area contributed by atoms with Crippen molar-refractivity contribution in [3.8, 4) is 0 Å². The van der Waals surface area contributed by atoms with Crippen molar-refractivity contribution in [1.29, 1.82) is 0 Å². The number of aliphatic hydroxyl groups is 1. The van der Waals surface area contributed by atoms with Gasteiger partial charge in [-0.15, -0.1) is 0 Å². The van der Waals surface area contributed by atoms with Crippen molar-refractivity contribution in [3.63, 3.8) is 0 Å². The molecule has 0 aromatic rings. The van der Waals surface area contributed by atoms with Gasteiger partial charge in [-0.25, -0.2) is 0 Å². The highest BCUT2D eigenvalue weighted by atomic mass is 16.5. The van der Waals surface area contributed by atoms with E-state index in [1.165, 1.54) is 19.3 Å². The van der Waals surface area contributed by atoms with Crippen molar-refractivity contribution in [2.75, 3.05) is 32.8 Å². The molecule has 2 fully saturated rings. The van der Waals surface area contributed by atoms with Crippen molar-refractivity contribution in [3.05, 3.63) is 0 Å². The molecule has 3 nitrogen and oxygen atoms in total. The molecular weight excluding hydrogens is 238 g/mol. The number of ether oxygens (including phenoxy) is 1. The van der Waals surface area contributed by atoms with Crippen LogP contribution in [0.4, 0.5) is 0 Å². The van der Waals surface area contributed by atoms with Crippen molar-refractivity contribution in [2.45, 2.75) is 52.6 Å². The second-order valence-electron chi connectivity index (χ2n) is 7.49. The average Bonchev–Trinajstić information content (AvgIpc) is 2.75. The van der Waals surface area contributed by atoms with Crippen LogP contribution in [0, 0.1) is 17.3 Å². The van der Waals surface area contributed by atoms with E-state index in [0.717, 1.165) is 45.2 Å². The van der Waals surface area contributed by atoms with Crippen LogP contribution in [0.1, 0.15) is 46.5 Å². The predicted octanol–water partition coefficient (Wildman–Crippen LogP) is 2.53. The number of aliphatic hydroxyl groups excluding tert-OH is 1. The summed E-state index contributed by atoms with van der Waals surface area (Å²) < 4.78 is 5.38. The summed E-state index contributed by atoms with van der Waals surface area (Å²) >= 11 is 0. The number of β-amino-alcohol motifs (C(OH)–C–C–N with tert-alkyl or cyclic N) is 1. The van der Waals surface area contributed by atoms with E-state index < -0.39 is 0 Å². The molecule has 3 atom stereocenters. The Morgan fingerprint density at radius 1 is 1.21 bits per heavy atom. The summed E-state index contributed by atoms with van der Waals surface area (Å²) in [7, 11) is 0. The molecule has 2 rings (SSSR count). The molecule has 0 aromatic heterocycles. The fourth-order valence-electron chi connectivity index (χ4n) is 3.47. The molecule has 2 aliphatic rings. The van der Waals surface area contributed by atoms with Crippen LogP contribution in [-0.2, 0) is 4.74 Å². The Balaban J connectivity index is 1.79. The summed E-state index contributed by atoms with van der Waals surface area (Å²) in [5.74, 6) is 1.19. The topological polar surface area (TPSA) is 32.7 Å². The second kappa shape index (κ2) is 6.55. The molecule has 3 unspecified atom stereocenters. The molecule has 3 heteroatoms. The van der Waals surface area contributed by atoms with Crippen molar-refractivity contribution < 1.29 is 9.84 Å². The van der Waals surface area contributed by atoms with Crippen LogP contribution >= 0.6 is 0 Å². The van der Waals surface area contributed by atoms with Gasteiger partial charge in [-0.2, -0.15) is 0 Å². The average molecular weight is 269 g/mol. The molecule has 0 spiro atoms. The molecule has 0 saturated carbocycles. The second-order valence-corrected chi connectivity index (χ2v) is 7.49. The third kappa shape index (κ3) is 4.44. The van der Waals surface area contributed by atoms with Gasteiger partial charge in [0.1, 0.15) is 0 Å². The van der Waals surface area contributed by atoms with E-state index in [0.29, 0.717) is 11.3 Å². The summed E-state index contributed by atoms with van der Waals surface area (Å²) in [5, 5.41) is 10.3. The van der Waals surface area contributed by atoms with Crippen molar-refractivity contribution in [2.24, 2.45) is 17.3 Å². The Bertz CT molecular complexity index is 268. The van der Waals surface area contributed by atoms with Gasteiger partial charge in [0.25, 0.3) is 0 Å². The Morgan fingerprint density at radius 2 is 2.00 bits per heavy atom. The van der Waals surface area contributed by atoms with Crippen molar-refractivity contribution >= 4 is 0 Å². The van der Waals surface area contributed by atoms with E-state index in [-0.39, 0.29) is 6.10 Å². The van der Waals surface area contributed by atoms with Crippen LogP contribution in [0.3, 0.4) is 0 Å². The van der Waals surface area contributed by atoms with E-state index in [9.17, 15) is 5.11 Å². The van der Waals surface area contributed by atoms with Crippen LogP contribution in [-0.4, -0.2) is 49.0 Å². The van der Waals surface area contributed by atoms with Gasteiger partial charge in [0.2, 0.25) is 0 Å². The minimum atomic E-state index is -0.200. The zero-order chi connectivity index (χ0) is 13.9. The number of likely N-dealkylation sites (tertiary alicyclic amines) is 1. The standard InChI is InChI=1S/C16H31NO2/c1-16(2,3)14-5-4-8-17(9-6-14)11-15(18)13-7-10-19-12-13/h13-15,18H,4-12H2,1-3H3. The first kappa shape index (κ1) is 15.3. The number of nitrogens with zero attached hydrogens (tertiary/aromatic N) is 1. The highest BCUT2D eigenvalue weighted by Gasteiger charge is 2.29. The lowest BCUT2D eigenvalue weighted by atomic mass is 9.77. The zero-order valence-electron chi connectivity index (χ0n) is 12.9. The highest BCUT2D eigenvalue weighted by molar-refractivity contribution is 4.81. The highest BCUT2D eigenvalue weighted by Crippen LogP contribution is 2.34. The molecule has 1 N–H and O–H groups in total. The summed E-state index contributed by atoms with van der Waals surface area (Å²) in [4.78, 5) is 2.47. The fourth-order valence-corrected chi connectivity index (χ4v) is 3.47. The van der Waals surface area contributed by atoms with Gasteiger partial charge in [-0.3, -0.25) is 0 Å². The van der Waals surface area contributed by atoms with Gasteiger partial charge in [0.15, 0.2) is 0 Å². The maximum atomic E-state index is 10.3. The maximum Gasteiger partial charge on any atom is 0.0718 e. The third-order valence-electron chi connectivity index (χ3n) is 5.00. The van der Waals surface area contributed by atoms with Crippen LogP contribution in [0.25, 0.3) is 0 Å². The van der Waals surface area contributed by atoms with Crippen LogP contribution in [0.15, 0.2) is 0 Å². The summed E-state index contributed by atoms with van der Waals surface area (Å²) in [5.41, 5.74) is 0.425. The Labute approximate surface area is 118 Å². The normalized spacial score (nSPS) is 32.2. The number of hydrogen-bond donors (Lipinski definition) is 1. The molecule has 0 aromatic carbocycles. The largest absolute Gasteiger partial charge is 0.391 e.